The number of hydrogen-bond donors (Lipinski definition) is 4. The van der Waals surface area contributed by atoms with Gasteiger partial charge in [-0.3, -0.25) is 14.4 Å². The summed E-state index contributed by atoms with van der Waals surface area (Å²) < 4.78 is 99.9. The van der Waals surface area contributed by atoms with E-state index in [9.17, 15) is 41.1 Å². The summed E-state index contributed by atoms with van der Waals surface area (Å²) in [4.78, 5) is 59.8. The highest BCUT2D eigenvalue weighted by Gasteiger charge is 2.65. The summed E-state index contributed by atoms with van der Waals surface area (Å²) in [7, 11) is 1.35. The summed E-state index contributed by atoms with van der Waals surface area (Å²) in [5.74, 6) is -3.52. The van der Waals surface area contributed by atoms with Crippen LogP contribution in [-0.4, -0.2) is 89.8 Å². The Hall–Kier alpha value is -4.52. The number of alkyl halides is 4. The molecule has 4 heterocycles. The summed E-state index contributed by atoms with van der Waals surface area (Å²) in [6.07, 6.45) is -2.37. The molecule has 4 amide bonds. The van der Waals surface area contributed by atoms with Crippen molar-refractivity contribution in [2.75, 3.05) is 13.7 Å². The number of allylic oxidation sites excluding steroid dienone is 1. The van der Waals surface area contributed by atoms with Crippen LogP contribution in [0.3, 0.4) is 0 Å². The number of hydrogen-bond acceptors (Lipinski definition) is 9. The lowest BCUT2D eigenvalue weighted by molar-refractivity contribution is -0.145. The lowest BCUT2D eigenvalue weighted by Gasteiger charge is -2.38. The average Bonchev–Trinajstić information content (AvgIpc) is 4.03. The second-order valence-corrected chi connectivity index (χ2v) is 18.2. The molecule has 4 N–H and O–H groups in total. The van der Waals surface area contributed by atoms with Crippen LogP contribution in [0.25, 0.3) is 10.9 Å². The van der Waals surface area contributed by atoms with Crippen molar-refractivity contribution in [1.82, 2.24) is 25.8 Å². The van der Waals surface area contributed by atoms with Crippen LogP contribution in [0.1, 0.15) is 102 Å². The van der Waals surface area contributed by atoms with Crippen molar-refractivity contribution in [3.63, 3.8) is 0 Å². The number of carbonyl (C=O) groups excluding carboxylic acids is 4. The van der Waals surface area contributed by atoms with Crippen LogP contribution >= 0.6 is 0 Å². The lowest BCUT2D eigenvalue weighted by atomic mass is 9.85. The number of halogens is 4. The molecule has 2 aliphatic carbocycles. The number of aromatic nitrogens is 1. The third-order valence-electron chi connectivity index (χ3n) is 11.5. The molecule has 316 valence electrons. The smallest absolute Gasteiger partial charge is 0.437 e. The van der Waals surface area contributed by atoms with Gasteiger partial charge in [0.1, 0.15) is 45.6 Å². The van der Waals surface area contributed by atoms with E-state index < -0.39 is 123 Å². The van der Waals surface area contributed by atoms with E-state index in [0.29, 0.717) is 25.7 Å². The standard InChI is InChI=1S/C39H47F4N5O9S/c1-35(2,3)57-34(52)45-26-11-9-7-5-6-8-10-21-17-38(21,33(51)47-37(14-15-37)58(53)54)46-31(49)27-19-36(20-48(27)32(26)50)18-24(40)28-23-16-22(55-4)12-13-25(23)44-30(29(28)56-36)39(41,42)43/h8,10,12-13,16,21,24,26-27H,5-7,9,11,14-15,17-20H2,1-4H3,(H,45,52)(H,46,49)(H,47,51)(H,53,54). The maximum Gasteiger partial charge on any atom is 0.437 e. The summed E-state index contributed by atoms with van der Waals surface area (Å²) in [6, 6.07) is 1.26. The minimum absolute atomic E-state index is 0.0333. The van der Waals surface area contributed by atoms with Crippen molar-refractivity contribution in [2.24, 2.45) is 5.92 Å². The van der Waals surface area contributed by atoms with E-state index in [0.717, 1.165) is 4.90 Å². The largest absolute Gasteiger partial charge is 0.497 e. The number of nitrogens with zero attached hydrogens (tertiary/aromatic N) is 2. The Labute approximate surface area is 334 Å². The highest BCUT2D eigenvalue weighted by molar-refractivity contribution is 7.81. The molecular weight excluding hydrogens is 791 g/mol. The second kappa shape index (κ2) is 14.9. The van der Waals surface area contributed by atoms with Gasteiger partial charge in [0, 0.05) is 29.7 Å². The van der Waals surface area contributed by atoms with Crippen molar-refractivity contribution >= 4 is 45.8 Å². The van der Waals surface area contributed by atoms with Gasteiger partial charge in [0.2, 0.25) is 17.7 Å². The molecule has 14 nitrogen and oxygen atoms in total. The number of rotatable bonds is 5. The minimum Gasteiger partial charge on any atom is -0.497 e. The number of carbonyl (C=O) groups is 4. The third kappa shape index (κ3) is 8.07. The molecule has 7 unspecified atom stereocenters. The number of methoxy groups -OCH3 is 1. The van der Waals surface area contributed by atoms with Gasteiger partial charge in [-0.25, -0.2) is 18.4 Å². The molecule has 3 aliphatic heterocycles. The molecule has 7 rings (SSSR count). The van der Waals surface area contributed by atoms with Gasteiger partial charge in [-0.15, -0.1) is 0 Å². The first-order chi connectivity index (χ1) is 27.2. The zero-order chi connectivity index (χ0) is 42.0. The summed E-state index contributed by atoms with van der Waals surface area (Å²) in [6.45, 7) is 4.36. The van der Waals surface area contributed by atoms with Gasteiger partial charge >= 0.3 is 12.3 Å². The van der Waals surface area contributed by atoms with Gasteiger partial charge in [0.05, 0.1) is 19.2 Å². The average molecular weight is 838 g/mol. The normalized spacial score (nSPS) is 30.1. The van der Waals surface area contributed by atoms with Crippen LogP contribution in [0.4, 0.5) is 22.4 Å². The highest BCUT2D eigenvalue weighted by Crippen LogP contribution is 2.54. The molecule has 2 saturated carbocycles. The van der Waals surface area contributed by atoms with Crippen molar-refractivity contribution in [3.8, 4) is 11.5 Å². The van der Waals surface area contributed by atoms with E-state index in [4.69, 9.17) is 14.2 Å². The summed E-state index contributed by atoms with van der Waals surface area (Å²) in [5, 5.41) is 8.06. The van der Waals surface area contributed by atoms with E-state index >= 15 is 4.39 Å². The molecule has 1 aromatic heterocycles. The molecular formula is C39H47F4N5O9S. The maximum atomic E-state index is 16.8. The Morgan fingerprint density at radius 3 is 2.50 bits per heavy atom. The number of amides is 4. The SMILES string of the molecule is COc1ccc2nc(C(F)(F)F)c3c(c2c1)C(F)CC1(CC2C(=O)NC4(C(=O)NC5(S(=O)O)CC5)CC4C=CCCCCCC(NC(=O)OC(C)(C)C)C(=O)N2C1)O3. The Bertz CT molecular complexity index is 2070. The summed E-state index contributed by atoms with van der Waals surface area (Å²) >= 11 is -2.40. The molecule has 0 bridgehead atoms. The van der Waals surface area contributed by atoms with E-state index in [1.807, 2.05) is 6.08 Å². The predicted octanol–water partition coefficient (Wildman–Crippen LogP) is 5.51. The number of ether oxygens (including phenoxy) is 3. The zero-order valence-corrected chi connectivity index (χ0v) is 33.3. The van der Waals surface area contributed by atoms with E-state index in [2.05, 4.69) is 20.9 Å². The fourth-order valence-electron chi connectivity index (χ4n) is 8.32. The molecule has 3 fully saturated rings. The van der Waals surface area contributed by atoms with Crippen LogP contribution < -0.4 is 25.4 Å². The van der Waals surface area contributed by atoms with Crippen molar-refractivity contribution in [1.29, 1.82) is 0 Å². The molecule has 1 aromatic carbocycles. The Morgan fingerprint density at radius 2 is 1.84 bits per heavy atom. The minimum atomic E-state index is -5.10. The van der Waals surface area contributed by atoms with Gasteiger partial charge in [0.15, 0.2) is 22.5 Å². The Balaban J connectivity index is 1.29. The van der Waals surface area contributed by atoms with Crippen molar-refractivity contribution < 1.29 is 59.7 Å². The molecule has 58 heavy (non-hydrogen) atoms. The number of fused-ring (bicyclic) bond motifs is 5. The fraction of sp³-hybridized carbons (Fsp3) is 0.615. The van der Waals surface area contributed by atoms with Crippen molar-refractivity contribution in [3.05, 3.63) is 41.6 Å². The Kier molecular flexibility index (Phi) is 10.7. The topological polar surface area (TPSA) is 185 Å². The second-order valence-electron chi connectivity index (χ2n) is 17.0. The quantitative estimate of drug-likeness (QED) is 0.170. The molecule has 19 heteroatoms. The number of alkyl carbamates (subject to hydrolysis) is 1. The van der Waals surface area contributed by atoms with Gasteiger partial charge in [-0.2, -0.15) is 13.2 Å². The number of pyridine rings is 1. The fourth-order valence-corrected chi connectivity index (χ4v) is 8.95. The zero-order valence-electron chi connectivity index (χ0n) is 32.5. The van der Waals surface area contributed by atoms with Gasteiger partial charge in [-0.1, -0.05) is 25.0 Å². The van der Waals surface area contributed by atoms with Gasteiger partial charge in [0.25, 0.3) is 0 Å². The van der Waals surface area contributed by atoms with Crippen molar-refractivity contribution in [2.45, 2.75) is 131 Å². The van der Waals surface area contributed by atoms with Gasteiger partial charge in [-0.05, 0) is 77.5 Å². The van der Waals surface area contributed by atoms with Crippen LogP contribution in [0, 0.1) is 5.92 Å². The molecule has 1 saturated heterocycles. The molecule has 0 radical (unpaired) electrons. The number of benzene rings is 1. The van der Waals surface area contributed by atoms with E-state index in [1.54, 1.807) is 26.8 Å². The van der Waals surface area contributed by atoms with Crippen LogP contribution in [0.5, 0.6) is 11.5 Å². The Morgan fingerprint density at radius 1 is 1.10 bits per heavy atom. The third-order valence-corrected chi connectivity index (χ3v) is 12.7. The lowest BCUT2D eigenvalue weighted by Crippen LogP contribution is -2.59. The van der Waals surface area contributed by atoms with Gasteiger partial charge < -0.3 is 39.6 Å². The monoisotopic (exact) mass is 837 g/mol. The molecule has 2 aromatic rings. The molecule has 7 atom stereocenters. The first kappa shape index (κ1) is 41.6. The van der Waals surface area contributed by atoms with Crippen LogP contribution in [0.2, 0.25) is 0 Å². The highest BCUT2D eigenvalue weighted by atomic mass is 32.2. The first-order valence-corrected chi connectivity index (χ1v) is 20.4. The summed E-state index contributed by atoms with van der Waals surface area (Å²) in [5.41, 5.74) is -6.45. The first-order valence-electron chi connectivity index (χ1n) is 19.3. The van der Waals surface area contributed by atoms with Crippen LogP contribution in [-0.2, 0) is 36.4 Å². The number of nitrogens with one attached hydrogen (secondary N) is 3. The predicted molar refractivity (Wildman–Crippen MR) is 200 cm³/mol. The van der Waals surface area contributed by atoms with Crippen LogP contribution in [0.15, 0.2) is 30.4 Å². The van der Waals surface area contributed by atoms with E-state index in [1.165, 1.54) is 25.3 Å². The molecule has 1 spiro atoms. The van der Waals surface area contributed by atoms with E-state index in [-0.39, 0.29) is 42.3 Å². The molecule has 5 aliphatic rings. The maximum absolute atomic E-state index is 16.8.